The summed E-state index contributed by atoms with van der Waals surface area (Å²) >= 11 is 0. The first-order chi connectivity index (χ1) is 15.5. The molecule has 0 radical (unpaired) electrons. The van der Waals surface area contributed by atoms with E-state index in [1.165, 1.54) is 7.11 Å². The number of methoxy groups -OCH3 is 1. The topological polar surface area (TPSA) is 115 Å². The number of para-hydroxylation sites is 2. The van der Waals surface area contributed by atoms with E-state index in [9.17, 15) is 14.9 Å². The first-order valence-electron chi connectivity index (χ1n) is 10.8. The summed E-state index contributed by atoms with van der Waals surface area (Å²) in [5.41, 5.74) is 1.44. The number of carbonyl (C=O) groups excluding carboxylic acids is 2. The first-order valence-corrected chi connectivity index (χ1v) is 10.8. The molecule has 1 saturated heterocycles. The highest BCUT2D eigenvalue weighted by molar-refractivity contribution is 5.85. The van der Waals surface area contributed by atoms with Crippen molar-refractivity contribution in [3.05, 3.63) is 30.0 Å². The van der Waals surface area contributed by atoms with Gasteiger partial charge in [0.1, 0.15) is 11.8 Å². The average molecular weight is 441 g/mol. The van der Waals surface area contributed by atoms with Crippen molar-refractivity contribution in [1.29, 1.82) is 5.26 Å². The molecule has 2 aromatic rings. The number of carbonyl (C=O) groups is 2. The fourth-order valence-electron chi connectivity index (χ4n) is 3.81. The zero-order valence-electron chi connectivity index (χ0n) is 18.6. The van der Waals surface area contributed by atoms with Gasteiger partial charge in [-0.15, -0.1) is 0 Å². The smallest absolute Gasteiger partial charge is 0.330 e. The minimum Gasteiger partial charge on any atom is -0.466 e. The fraction of sp³-hybridized carbons (Fsp3) is 0.522. The Labute approximate surface area is 187 Å². The minimum absolute atomic E-state index is 0.216. The second-order valence-electron chi connectivity index (χ2n) is 7.72. The van der Waals surface area contributed by atoms with E-state index in [1.807, 2.05) is 29.2 Å². The minimum atomic E-state index is -1.26. The molecule has 0 saturated carbocycles. The van der Waals surface area contributed by atoms with Gasteiger partial charge in [-0.2, -0.15) is 5.26 Å². The van der Waals surface area contributed by atoms with Gasteiger partial charge in [-0.3, -0.25) is 9.59 Å². The van der Waals surface area contributed by atoms with Crippen molar-refractivity contribution in [3.8, 4) is 6.07 Å². The summed E-state index contributed by atoms with van der Waals surface area (Å²) in [7, 11) is 1.51. The third-order valence-corrected chi connectivity index (χ3v) is 5.28. The number of hydrogen-bond donors (Lipinski definition) is 0. The molecule has 3 atom stereocenters. The molecule has 0 N–H and O–H groups in total. The second kappa shape index (κ2) is 10.9. The van der Waals surface area contributed by atoms with E-state index in [0.717, 1.165) is 6.42 Å². The number of piperidine rings is 1. The van der Waals surface area contributed by atoms with Gasteiger partial charge in [0.25, 0.3) is 0 Å². The predicted molar refractivity (Wildman–Crippen MR) is 117 cm³/mol. The van der Waals surface area contributed by atoms with E-state index >= 15 is 0 Å². The van der Waals surface area contributed by atoms with Crippen LogP contribution in [0.25, 0.3) is 11.0 Å². The van der Waals surface area contributed by atoms with Crippen molar-refractivity contribution in [1.82, 2.24) is 9.97 Å². The quantitative estimate of drug-likeness (QED) is 0.571. The van der Waals surface area contributed by atoms with Crippen LogP contribution in [-0.2, 0) is 23.8 Å². The molecular formula is C23H28N4O5. The van der Waals surface area contributed by atoms with Gasteiger partial charge in [0, 0.05) is 20.2 Å². The molecular weight excluding hydrogens is 412 g/mol. The second-order valence-corrected chi connectivity index (χ2v) is 7.72. The standard InChI is InChI=1S/C23H28N4O5/c1-4-31-22(28)16-8-7-11-27(13-16)21-20(25-18-9-5-6-10-19(18)26-21)17(12-24)23(29)32-15(2)14-30-3/h5-6,9-10,15-17H,4,7-8,11,13-14H2,1-3H3/t15-,16+,17-/m0/s1. The maximum absolute atomic E-state index is 12.8. The molecule has 170 valence electrons. The number of fused-ring (bicyclic) bond motifs is 1. The maximum atomic E-state index is 12.8. The molecule has 0 bridgehead atoms. The Balaban J connectivity index is 1.99. The highest BCUT2D eigenvalue weighted by Gasteiger charge is 2.34. The average Bonchev–Trinajstić information content (AvgIpc) is 2.79. The summed E-state index contributed by atoms with van der Waals surface area (Å²) in [5, 5.41) is 9.86. The third-order valence-electron chi connectivity index (χ3n) is 5.28. The number of aromatic nitrogens is 2. The van der Waals surface area contributed by atoms with Crippen LogP contribution in [0.5, 0.6) is 0 Å². The number of rotatable bonds is 8. The van der Waals surface area contributed by atoms with E-state index in [2.05, 4.69) is 4.98 Å². The number of esters is 2. The summed E-state index contributed by atoms with van der Waals surface area (Å²) in [4.78, 5) is 36.4. The predicted octanol–water partition coefficient (Wildman–Crippen LogP) is 2.59. The molecule has 9 nitrogen and oxygen atoms in total. The highest BCUT2D eigenvalue weighted by Crippen LogP contribution is 2.31. The van der Waals surface area contributed by atoms with Crippen molar-refractivity contribution >= 4 is 28.8 Å². The fourth-order valence-corrected chi connectivity index (χ4v) is 3.81. The van der Waals surface area contributed by atoms with Gasteiger partial charge in [-0.1, -0.05) is 12.1 Å². The zero-order chi connectivity index (χ0) is 23.1. The van der Waals surface area contributed by atoms with E-state index in [0.29, 0.717) is 43.0 Å². The maximum Gasteiger partial charge on any atom is 0.330 e. The Morgan fingerprint density at radius 3 is 2.66 bits per heavy atom. The molecule has 0 unspecified atom stereocenters. The molecule has 1 aliphatic heterocycles. The monoisotopic (exact) mass is 440 g/mol. The van der Waals surface area contributed by atoms with Crippen LogP contribution < -0.4 is 4.90 Å². The van der Waals surface area contributed by atoms with E-state index < -0.39 is 18.0 Å². The van der Waals surface area contributed by atoms with Crippen LogP contribution in [0.3, 0.4) is 0 Å². The summed E-state index contributed by atoms with van der Waals surface area (Å²) < 4.78 is 15.6. The number of benzene rings is 1. The van der Waals surface area contributed by atoms with Crippen molar-refractivity contribution in [2.45, 2.75) is 38.7 Å². The van der Waals surface area contributed by atoms with Crippen LogP contribution in [0.4, 0.5) is 5.82 Å². The molecule has 2 heterocycles. The number of nitriles is 1. The van der Waals surface area contributed by atoms with Gasteiger partial charge < -0.3 is 19.1 Å². The Bertz CT molecular complexity index is 1010. The summed E-state index contributed by atoms with van der Waals surface area (Å²) in [6.07, 6.45) is 0.955. The first kappa shape index (κ1) is 23.4. The Morgan fingerprint density at radius 1 is 1.28 bits per heavy atom. The van der Waals surface area contributed by atoms with Gasteiger partial charge in [-0.05, 0) is 38.8 Å². The molecule has 1 aromatic carbocycles. The molecule has 1 aliphatic rings. The Kier molecular flexibility index (Phi) is 7.95. The van der Waals surface area contributed by atoms with Crippen molar-refractivity contribution in [2.75, 3.05) is 38.3 Å². The zero-order valence-corrected chi connectivity index (χ0v) is 18.6. The number of nitrogens with zero attached hydrogens (tertiary/aromatic N) is 4. The molecule has 3 rings (SSSR count). The van der Waals surface area contributed by atoms with Crippen LogP contribution in [0, 0.1) is 17.2 Å². The molecule has 32 heavy (non-hydrogen) atoms. The van der Waals surface area contributed by atoms with Crippen molar-refractivity contribution in [2.24, 2.45) is 5.92 Å². The van der Waals surface area contributed by atoms with Crippen LogP contribution >= 0.6 is 0 Å². The molecule has 0 amide bonds. The summed E-state index contributed by atoms with van der Waals surface area (Å²) in [6, 6.07) is 9.29. The highest BCUT2D eigenvalue weighted by atomic mass is 16.6. The number of hydrogen-bond acceptors (Lipinski definition) is 9. The largest absolute Gasteiger partial charge is 0.466 e. The lowest BCUT2D eigenvalue weighted by Gasteiger charge is -2.33. The summed E-state index contributed by atoms with van der Waals surface area (Å²) in [6.45, 7) is 5.01. The van der Waals surface area contributed by atoms with Gasteiger partial charge in [0.2, 0.25) is 0 Å². The number of ether oxygens (including phenoxy) is 3. The Hall–Kier alpha value is -3.25. The SMILES string of the molecule is CCOC(=O)[C@@H]1CCCN(c2nc3ccccc3nc2[C@H](C#N)C(=O)O[C@@H](C)COC)C1. The lowest BCUT2D eigenvalue weighted by atomic mass is 9.97. The molecule has 1 aromatic heterocycles. The van der Waals surface area contributed by atoms with Crippen LogP contribution in [-0.4, -0.2) is 61.4 Å². The summed E-state index contributed by atoms with van der Waals surface area (Å²) in [5.74, 6) is -2.11. The Morgan fingerprint density at radius 2 is 2.00 bits per heavy atom. The van der Waals surface area contributed by atoms with E-state index in [4.69, 9.17) is 19.2 Å². The van der Waals surface area contributed by atoms with E-state index in [1.54, 1.807) is 19.9 Å². The molecule has 9 heteroatoms. The van der Waals surface area contributed by atoms with Crippen LogP contribution in [0.1, 0.15) is 38.3 Å². The number of anilines is 1. The third kappa shape index (κ3) is 5.32. The van der Waals surface area contributed by atoms with Crippen molar-refractivity contribution < 1.29 is 23.8 Å². The molecule has 1 fully saturated rings. The van der Waals surface area contributed by atoms with E-state index in [-0.39, 0.29) is 24.2 Å². The molecule has 0 spiro atoms. The van der Waals surface area contributed by atoms with Crippen LogP contribution in [0.2, 0.25) is 0 Å². The van der Waals surface area contributed by atoms with Gasteiger partial charge >= 0.3 is 11.9 Å². The lowest BCUT2D eigenvalue weighted by Crippen LogP contribution is -2.41. The van der Waals surface area contributed by atoms with Gasteiger partial charge in [-0.25, -0.2) is 9.97 Å². The van der Waals surface area contributed by atoms with Crippen LogP contribution in [0.15, 0.2) is 24.3 Å². The van der Waals surface area contributed by atoms with Gasteiger partial charge in [0.05, 0.1) is 36.2 Å². The lowest BCUT2D eigenvalue weighted by molar-refractivity contribution is -0.151. The van der Waals surface area contributed by atoms with Gasteiger partial charge in [0.15, 0.2) is 11.7 Å². The molecule has 0 aliphatic carbocycles. The normalized spacial score (nSPS) is 17.9. The van der Waals surface area contributed by atoms with Crippen molar-refractivity contribution in [3.63, 3.8) is 0 Å².